The van der Waals surface area contributed by atoms with Gasteiger partial charge in [0, 0.05) is 13.6 Å². The van der Waals surface area contributed by atoms with Crippen LogP contribution in [-0.2, 0) is 6.54 Å². The highest BCUT2D eigenvalue weighted by Gasteiger charge is 2.10. The van der Waals surface area contributed by atoms with Crippen LogP contribution in [0.1, 0.15) is 5.56 Å². The molecule has 0 atom stereocenters. The van der Waals surface area contributed by atoms with E-state index in [9.17, 15) is 0 Å². The van der Waals surface area contributed by atoms with Crippen molar-refractivity contribution in [2.45, 2.75) is 6.54 Å². The molecule has 1 aromatic rings. The second kappa shape index (κ2) is 8.41. The summed E-state index contributed by atoms with van der Waals surface area (Å²) < 4.78 is 11.3. The van der Waals surface area contributed by atoms with Crippen LogP contribution in [0.5, 0.6) is 11.5 Å². The lowest BCUT2D eigenvalue weighted by molar-refractivity contribution is 0.352. The van der Waals surface area contributed by atoms with Gasteiger partial charge in [-0.2, -0.15) is 0 Å². The first-order valence-corrected chi connectivity index (χ1v) is 5.78. The molecule has 18 heavy (non-hydrogen) atoms. The van der Waals surface area contributed by atoms with Crippen molar-refractivity contribution in [3.8, 4) is 11.5 Å². The molecule has 0 aliphatic heterocycles. The quantitative estimate of drug-likeness (QED) is 0.437. The molecule has 0 saturated heterocycles. The molecule has 0 bridgehead atoms. The Morgan fingerprint density at radius 3 is 2.56 bits per heavy atom. The summed E-state index contributed by atoms with van der Waals surface area (Å²) in [6.45, 7) is 0.572. The number of nitrogens with zero attached hydrogens (tertiary/aromatic N) is 1. The number of halogens is 2. The average molecular weight is 430 g/mol. The van der Waals surface area contributed by atoms with E-state index in [1.807, 2.05) is 12.1 Å². The van der Waals surface area contributed by atoms with E-state index < -0.39 is 0 Å². The molecule has 0 aromatic heterocycles. The number of guanidine groups is 1. The van der Waals surface area contributed by atoms with E-state index >= 15 is 0 Å². The lowest BCUT2D eigenvalue weighted by Crippen LogP contribution is -2.30. The number of nitrogens with one attached hydrogen (secondary N) is 1. The summed E-state index contributed by atoms with van der Waals surface area (Å²) in [7, 11) is 4.83. The second-order valence-electron chi connectivity index (χ2n) is 3.28. The topological polar surface area (TPSA) is 68.9 Å². The van der Waals surface area contributed by atoms with Gasteiger partial charge >= 0.3 is 0 Å². The Hall–Kier alpha value is -0.700. The molecule has 7 heteroatoms. The predicted molar refractivity (Wildman–Crippen MR) is 87.0 cm³/mol. The van der Waals surface area contributed by atoms with Crippen molar-refractivity contribution < 1.29 is 9.47 Å². The maximum atomic E-state index is 5.56. The Kier molecular flexibility index (Phi) is 8.08. The van der Waals surface area contributed by atoms with Gasteiger partial charge < -0.3 is 20.5 Å². The number of rotatable bonds is 4. The molecular formula is C11H17BrIN3O2. The highest BCUT2D eigenvalue weighted by Crippen LogP contribution is 2.36. The molecule has 0 amide bonds. The van der Waals surface area contributed by atoms with E-state index in [0.29, 0.717) is 24.0 Å². The summed E-state index contributed by atoms with van der Waals surface area (Å²) >= 11 is 3.43. The third-order valence-corrected chi connectivity index (χ3v) is 2.80. The zero-order chi connectivity index (χ0) is 12.8. The largest absolute Gasteiger partial charge is 0.493 e. The van der Waals surface area contributed by atoms with Crippen molar-refractivity contribution in [1.29, 1.82) is 0 Å². The van der Waals surface area contributed by atoms with Gasteiger partial charge in [-0.25, -0.2) is 0 Å². The number of aliphatic imine (C=N–C) groups is 1. The molecule has 0 saturated carbocycles. The Balaban J connectivity index is 0.00000289. The van der Waals surface area contributed by atoms with E-state index in [1.165, 1.54) is 0 Å². The number of hydrogen-bond acceptors (Lipinski definition) is 3. The van der Waals surface area contributed by atoms with Gasteiger partial charge in [-0.05, 0) is 33.6 Å². The summed E-state index contributed by atoms with van der Waals surface area (Å²) in [5.41, 5.74) is 6.57. The van der Waals surface area contributed by atoms with Gasteiger partial charge in [-0.3, -0.25) is 4.99 Å². The summed E-state index contributed by atoms with van der Waals surface area (Å²) in [5.74, 6) is 1.75. The third-order valence-electron chi connectivity index (χ3n) is 2.21. The summed E-state index contributed by atoms with van der Waals surface area (Å²) in [5, 5.41) is 2.98. The van der Waals surface area contributed by atoms with Crippen LogP contribution in [0.15, 0.2) is 21.6 Å². The third kappa shape index (κ3) is 4.52. The molecular weight excluding hydrogens is 413 g/mol. The first-order chi connectivity index (χ1) is 8.12. The number of hydrogen-bond donors (Lipinski definition) is 2. The first-order valence-electron chi connectivity index (χ1n) is 4.99. The Labute approximate surface area is 132 Å². The minimum atomic E-state index is 0. The minimum absolute atomic E-state index is 0. The van der Waals surface area contributed by atoms with E-state index in [1.54, 1.807) is 21.3 Å². The van der Waals surface area contributed by atoms with Crippen LogP contribution in [0.2, 0.25) is 0 Å². The average Bonchev–Trinajstić information content (AvgIpc) is 2.34. The van der Waals surface area contributed by atoms with Gasteiger partial charge in [0.15, 0.2) is 17.5 Å². The van der Waals surface area contributed by atoms with Crippen LogP contribution in [0.25, 0.3) is 0 Å². The zero-order valence-electron chi connectivity index (χ0n) is 10.5. The molecule has 0 spiro atoms. The monoisotopic (exact) mass is 429 g/mol. The molecule has 0 fully saturated rings. The van der Waals surface area contributed by atoms with Crippen molar-refractivity contribution in [3.63, 3.8) is 0 Å². The second-order valence-corrected chi connectivity index (χ2v) is 4.13. The normalized spacial score (nSPS) is 10.6. The fraction of sp³-hybridized carbons (Fsp3) is 0.364. The van der Waals surface area contributed by atoms with E-state index in [-0.39, 0.29) is 24.0 Å². The molecule has 1 aromatic carbocycles. The number of ether oxygens (including phenoxy) is 2. The SMILES string of the molecule is CN=C(N)NCc1cc(Br)c(OC)c(OC)c1.I. The standard InChI is InChI=1S/C11H16BrN3O2.HI/c1-14-11(13)15-6-7-4-8(12)10(17-3)9(5-7)16-2;/h4-5H,6H2,1-3H3,(H3,13,14,15);1H. The van der Waals surface area contributed by atoms with Gasteiger partial charge in [0.2, 0.25) is 0 Å². The molecule has 0 aliphatic rings. The molecule has 0 unspecified atom stereocenters. The van der Waals surface area contributed by atoms with Gasteiger partial charge in [0.25, 0.3) is 0 Å². The van der Waals surface area contributed by atoms with Crippen LogP contribution in [0.3, 0.4) is 0 Å². The van der Waals surface area contributed by atoms with Gasteiger partial charge in [0.1, 0.15) is 0 Å². The van der Waals surface area contributed by atoms with Gasteiger partial charge in [-0.15, -0.1) is 24.0 Å². The number of nitrogens with two attached hydrogens (primary N) is 1. The Bertz CT molecular complexity index is 427. The maximum absolute atomic E-state index is 5.56. The van der Waals surface area contributed by atoms with Crippen LogP contribution in [-0.4, -0.2) is 27.2 Å². The van der Waals surface area contributed by atoms with Crippen molar-refractivity contribution in [3.05, 3.63) is 22.2 Å². The molecule has 5 nitrogen and oxygen atoms in total. The summed E-state index contributed by atoms with van der Waals surface area (Å²) in [6, 6.07) is 3.83. The zero-order valence-corrected chi connectivity index (χ0v) is 14.4. The van der Waals surface area contributed by atoms with Crippen LogP contribution in [0.4, 0.5) is 0 Å². The lowest BCUT2D eigenvalue weighted by atomic mass is 10.2. The minimum Gasteiger partial charge on any atom is -0.493 e. The van der Waals surface area contributed by atoms with Crippen LogP contribution >= 0.6 is 39.9 Å². The highest BCUT2D eigenvalue weighted by molar-refractivity contribution is 14.0. The van der Waals surface area contributed by atoms with Crippen molar-refractivity contribution in [2.24, 2.45) is 10.7 Å². The van der Waals surface area contributed by atoms with Crippen molar-refractivity contribution in [2.75, 3.05) is 21.3 Å². The van der Waals surface area contributed by atoms with E-state index in [0.717, 1.165) is 10.0 Å². The predicted octanol–water partition coefficient (Wildman–Crippen LogP) is 2.12. The highest BCUT2D eigenvalue weighted by atomic mass is 127. The van der Waals surface area contributed by atoms with E-state index in [2.05, 4.69) is 26.2 Å². The fourth-order valence-corrected chi connectivity index (χ4v) is 2.00. The van der Waals surface area contributed by atoms with Gasteiger partial charge in [0.05, 0.1) is 18.7 Å². The summed E-state index contributed by atoms with van der Waals surface area (Å²) in [4.78, 5) is 3.82. The first kappa shape index (κ1) is 17.3. The van der Waals surface area contributed by atoms with Crippen LogP contribution < -0.4 is 20.5 Å². The number of methoxy groups -OCH3 is 2. The lowest BCUT2D eigenvalue weighted by Gasteiger charge is -2.12. The van der Waals surface area contributed by atoms with Crippen LogP contribution in [0, 0.1) is 0 Å². The maximum Gasteiger partial charge on any atom is 0.188 e. The molecule has 1 rings (SSSR count). The number of benzene rings is 1. The molecule has 102 valence electrons. The van der Waals surface area contributed by atoms with E-state index in [4.69, 9.17) is 15.2 Å². The Morgan fingerprint density at radius 1 is 1.39 bits per heavy atom. The van der Waals surface area contributed by atoms with Crippen molar-refractivity contribution >= 4 is 45.9 Å². The molecule has 0 radical (unpaired) electrons. The smallest absolute Gasteiger partial charge is 0.188 e. The molecule has 0 heterocycles. The fourth-order valence-electron chi connectivity index (χ4n) is 1.35. The van der Waals surface area contributed by atoms with Gasteiger partial charge in [-0.1, -0.05) is 0 Å². The molecule has 0 aliphatic carbocycles. The summed E-state index contributed by atoms with van der Waals surface area (Å²) in [6.07, 6.45) is 0. The Morgan fingerprint density at radius 2 is 2.06 bits per heavy atom. The molecule has 3 N–H and O–H groups in total. The van der Waals surface area contributed by atoms with Crippen molar-refractivity contribution in [1.82, 2.24) is 5.32 Å².